The van der Waals surface area contributed by atoms with Crippen molar-refractivity contribution in [2.45, 2.75) is 0 Å². The van der Waals surface area contributed by atoms with E-state index in [2.05, 4.69) is 12.1 Å². The number of hydrogen-bond acceptors (Lipinski definition) is 1. The lowest BCUT2D eigenvalue weighted by Crippen LogP contribution is -1.89. The van der Waals surface area contributed by atoms with E-state index < -0.39 is 0 Å². The summed E-state index contributed by atoms with van der Waals surface area (Å²) in [6.07, 6.45) is 0. The molecule has 0 unspecified atom stereocenters. The van der Waals surface area contributed by atoms with Crippen LogP contribution in [-0.2, 0) is 0 Å². The first-order valence-corrected chi connectivity index (χ1v) is 7.72. The Labute approximate surface area is 138 Å². The zero-order valence-corrected chi connectivity index (χ0v) is 13.1. The zero-order valence-electron chi connectivity index (χ0n) is 11.6. The fourth-order valence-electron chi connectivity index (χ4n) is 2.77. The van der Waals surface area contributed by atoms with Crippen molar-refractivity contribution in [2.24, 2.45) is 0 Å². The molecule has 0 amide bonds. The number of halogens is 2. The summed E-state index contributed by atoms with van der Waals surface area (Å²) in [7, 11) is 0. The van der Waals surface area contributed by atoms with Gasteiger partial charge in [0.25, 0.3) is 0 Å². The topological polar surface area (TPSA) is 12.9 Å². The van der Waals surface area contributed by atoms with Gasteiger partial charge >= 0.3 is 0 Å². The van der Waals surface area contributed by atoms with Crippen molar-refractivity contribution in [1.29, 1.82) is 0 Å². The number of aromatic nitrogens is 1. The van der Waals surface area contributed by atoms with Gasteiger partial charge in [-0.25, -0.2) is 4.98 Å². The molecule has 4 rings (SSSR count). The molecule has 0 aliphatic carbocycles. The molecule has 0 saturated heterocycles. The predicted octanol–water partition coefficient (Wildman–Crippen LogP) is 6.36. The van der Waals surface area contributed by atoms with E-state index in [9.17, 15) is 0 Å². The lowest BCUT2D eigenvalue weighted by Gasteiger charge is -2.10. The van der Waals surface area contributed by atoms with Gasteiger partial charge in [-0.3, -0.25) is 0 Å². The van der Waals surface area contributed by atoms with E-state index in [1.807, 2.05) is 54.6 Å². The lowest BCUT2D eigenvalue weighted by atomic mass is 10.00. The maximum Gasteiger partial charge on any atom is 0.0788 e. The molecule has 3 aromatic carbocycles. The number of hydrogen-bond donors (Lipinski definition) is 0. The molecule has 0 saturated carbocycles. The van der Waals surface area contributed by atoms with Crippen LogP contribution in [0.2, 0.25) is 10.0 Å². The van der Waals surface area contributed by atoms with Crippen LogP contribution in [-0.4, -0.2) is 4.98 Å². The normalized spacial score (nSPS) is 11.2. The lowest BCUT2D eigenvalue weighted by molar-refractivity contribution is 1.43. The molecule has 4 aromatic rings. The smallest absolute Gasteiger partial charge is 0.0788 e. The SMILES string of the molecule is Clc1ccc2c(c1)c(-c1ccccc1)nc1ccc(Cl)cc12. The second kappa shape index (κ2) is 5.28. The van der Waals surface area contributed by atoms with E-state index in [0.29, 0.717) is 10.0 Å². The molecule has 0 aliphatic rings. The highest BCUT2D eigenvalue weighted by molar-refractivity contribution is 6.33. The molecule has 106 valence electrons. The Morgan fingerprint density at radius 1 is 0.636 bits per heavy atom. The van der Waals surface area contributed by atoms with Gasteiger partial charge in [0.15, 0.2) is 0 Å². The van der Waals surface area contributed by atoms with Crippen LogP contribution in [0.15, 0.2) is 66.7 Å². The monoisotopic (exact) mass is 323 g/mol. The van der Waals surface area contributed by atoms with Crippen molar-refractivity contribution < 1.29 is 0 Å². The molecule has 22 heavy (non-hydrogen) atoms. The molecule has 0 aliphatic heterocycles. The molecule has 1 heterocycles. The Hall–Kier alpha value is -2.09. The van der Waals surface area contributed by atoms with E-state index in [-0.39, 0.29) is 0 Å². The summed E-state index contributed by atoms with van der Waals surface area (Å²) in [5.41, 5.74) is 2.94. The van der Waals surface area contributed by atoms with Gasteiger partial charge in [-0.15, -0.1) is 0 Å². The number of rotatable bonds is 1. The minimum absolute atomic E-state index is 0.702. The minimum atomic E-state index is 0.702. The first-order chi connectivity index (χ1) is 10.7. The van der Waals surface area contributed by atoms with Gasteiger partial charge in [-0.2, -0.15) is 0 Å². The van der Waals surface area contributed by atoms with Crippen molar-refractivity contribution in [3.8, 4) is 11.3 Å². The van der Waals surface area contributed by atoms with Crippen molar-refractivity contribution >= 4 is 44.9 Å². The van der Waals surface area contributed by atoms with Crippen LogP contribution < -0.4 is 0 Å². The number of pyridine rings is 1. The molecule has 1 nitrogen and oxygen atoms in total. The number of benzene rings is 3. The molecule has 1 aromatic heterocycles. The molecule has 0 atom stereocenters. The van der Waals surface area contributed by atoms with Crippen LogP contribution >= 0.6 is 23.2 Å². The maximum absolute atomic E-state index is 6.21. The fourth-order valence-corrected chi connectivity index (χ4v) is 3.11. The highest BCUT2D eigenvalue weighted by Gasteiger charge is 2.11. The summed E-state index contributed by atoms with van der Waals surface area (Å²) >= 11 is 12.4. The van der Waals surface area contributed by atoms with Gasteiger partial charge in [-0.1, -0.05) is 59.6 Å². The van der Waals surface area contributed by atoms with Crippen LogP contribution in [0, 0.1) is 0 Å². The summed E-state index contributed by atoms with van der Waals surface area (Å²) in [5, 5.41) is 4.59. The molecule has 3 heteroatoms. The molecular weight excluding hydrogens is 313 g/mol. The van der Waals surface area contributed by atoms with Gasteiger partial charge < -0.3 is 0 Å². The summed E-state index contributed by atoms with van der Waals surface area (Å²) in [6, 6.07) is 21.8. The van der Waals surface area contributed by atoms with Crippen LogP contribution in [0.3, 0.4) is 0 Å². The predicted molar refractivity (Wildman–Crippen MR) is 94.7 cm³/mol. The van der Waals surface area contributed by atoms with Crippen LogP contribution in [0.1, 0.15) is 0 Å². The van der Waals surface area contributed by atoms with E-state index in [4.69, 9.17) is 28.2 Å². The van der Waals surface area contributed by atoms with Gasteiger partial charge in [0.2, 0.25) is 0 Å². The van der Waals surface area contributed by atoms with Crippen LogP contribution in [0.25, 0.3) is 32.9 Å². The van der Waals surface area contributed by atoms with Crippen molar-refractivity contribution in [3.05, 3.63) is 76.8 Å². The quantitative estimate of drug-likeness (QED) is 0.371. The minimum Gasteiger partial charge on any atom is -0.247 e. The Kier molecular flexibility index (Phi) is 3.25. The van der Waals surface area contributed by atoms with Gasteiger partial charge in [0.1, 0.15) is 0 Å². The Balaban J connectivity index is 2.19. The molecule has 0 radical (unpaired) electrons. The highest BCUT2D eigenvalue weighted by Crippen LogP contribution is 2.34. The van der Waals surface area contributed by atoms with E-state index in [1.165, 1.54) is 0 Å². The van der Waals surface area contributed by atoms with E-state index in [1.54, 1.807) is 0 Å². The average Bonchev–Trinajstić information content (AvgIpc) is 2.55. The second-order valence-electron chi connectivity index (χ2n) is 5.18. The molecule has 0 spiro atoms. The van der Waals surface area contributed by atoms with Crippen molar-refractivity contribution in [3.63, 3.8) is 0 Å². The summed E-state index contributed by atoms with van der Waals surface area (Å²) in [6.45, 7) is 0. The summed E-state index contributed by atoms with van der Waals surface area (Å²) < 4.78 is 0. The van der Waals surface area contributed by atoms with Crippen molar-refractivity contribution in [1.82, 2.24) is 4.98 Å². The zero-order chi connectivity index (χ0) is 15.1. The third-order valence-electron chi connectivity index (χ3n) is 3.76. The van der Waals surface area contributed by atoms with Gasteiger partial charge in [-0.05, 0) is 35.7 Å². The number of nitrogens with zero attached hydrogens (tertiary/aromatic N) is 1. The summed E-state index contributed by atoms with van der Waals surface area (Å²) in [4.78, 5) is 4.84. The average molecular weight is 324 g/mol. The Morgan fingerprint density at radius 3 is 2.09 bits per heavy atom. The third kappa shape index (κ3) is 2.23. The molecule has 0 fully saturated rings. The largest absolute Gasteiger partial charge is 0.247 e. The van der Waals surface area contributed by atoms with Gasteiger partial charge in [0, 0.05) is 26.4 Å². The third-order valence-corrected chi connectivity index (χ3v) is 4.24. The molecular formula is C19H11Cl2N. The first kappa shape index (κ1) is 13.6. The number of fused-ring (bicyclic) bond motifs is 3. The first-order valence-electron chi connectivity index (χ1n) is 6.96. The summed E-state index contributed by atoms with van der Waals surface area (Å²) in [5.74, 6) is 0. The molecule has 0 bridgehead atoms. The second-order valence-corrected chi connectivity index (χ2v) is 6.05. The standard InChI is InChI=1S/C19H11Cl2N/c20-13-6-8-15-16-10-14(21)7-9-18(16)22-19(17(15)11-13)12-4-2-1-3-5-12/h1-11H. The highest BCUT2D eigenvalue weighted by atomic mass is 35.5. The van der Waals surface area contributed by atoms with Crippen molar-refractivity contribution in [2.75, 3.05) is 0 Å². The fraction of sp³-hybridized carbons (Fsp3) is 0. The molecule has 0 N–H and O–H groups in total. The van der Waals surface area contributed by atoms with Crippen LogP contribution in [0.5, 0.6) is 0 Å². The maximum atomic E-state index is 6.21. The van der Waals surface area contributed by atoms with E-state index in [0.717, 1.165) is 32.9 Å². The Bertz CT molecular complexity index is 994. The Morgan fingerprint density at radius 2 is 1.32 bits per heavy atom. The van der Waals surface area contributed by atoms with E-state index >= 15 is 0 Å². The van der Waals surface area contributed by atoms with Gasteiger partial charge in [0.05, 0.1) is 11.2 Å². The van der Waals surface area contributed by atoms with Crippen LogP contribution in [0.4, 0.5) is 0 Å².